The van der Waals surface area contributed by atoms with Crippen LogP contribution in [0.25, 0.3) is 21.6 Å². The monoisotopic (exact) mass is 390 g/mol. The highest BCUT2D eigenvalue weighted by Gasteiger charge is 2.33. The van der Waals surface area contributed by atoms with Gasteiger partial charge in [-0.05, 0) is 31.2 Å². The van der Waals surface area contributed by atoms with Gasteiger partial charge in [0, 0.05) is 41.2 Å². The SMILES string of the molecule is CCCS(=O)(=O)CC1CC(Nc2c(-c3nccs3)cnc3[nH]ccc23)C1. The van der Waals surface area contributed by atoms with Crippen LogP contribution in [0.15, 0.2) is 30.0 Å². The van der Waals surface area contributed by atoms with E-state index in [1.54, 1.807) is 17.5 Å². The molecule has 1 aliphatic carbocycles. The van der Waals surface area contributed by atoms with Gasteiger partial charge in [-0.15, -0.1) is 11.3 Å². The lowest BCUT2D eigenvalue weighted by Crippen LogP contribution is -2.39. The zero-order chi connectivity index (χ0) is 18.1. The second-order valence-electron chi connectivity index (χ2n) is 6.92. The summed E-state index contributed by atoms with van der Waals surface area (Å²) in [6, 6.07) is 2.31. The number of aromatic nitrogens is 3. The normalized spacial score (nSPS) is 20.2. The first-order valence-corrected chi connectivity index (χ1v) is 11.6. The smallest absolute Gasteiger partial charge is 0.150 e. The van der Waals surface area contributed by atoms with Crippen LogP contribution >= 0.6 is 11.3 Å². The minimum absolute atomic E-state index is 0.260. The predicted molar refractivity (Wildman–Crippen MR) is 106 cm³/mol. The standard InChI is InChI=1S/C18H22N4O2S2/c1-2-7-26(23,24)11-12-8-13(9-12)22-16-14-3-4-19-17(14)21-10-15(16)18-20-5-6-25-18/h3-6,10,12-13H,2,7-9,11H2,1H3,(H2,19,21,22). The number of fused-ring (bicyclic) bond motifs is 1. The second-order valence-corrected chi connectivity index (χ2v) is 10.0. The molecule has 0 aliphatic heterocycles. The van der Waals surface area contributed by atoms with E-state index < -0.39 is 9.84 Å². The molecule has 0 aromatic carbocycles. The van der Waals surface area contributed by atoms with Gasteiger partial charge in [0.15, 0.2) is 9.84 Å². The van der Waals surface area contributed by atoms with Crippen molar-refractivity contribution in [2.45, 2.75) is 32.2 Å². The summed E-state index contributed by atoms with van der Waals surface area (Å²) in [5.74, 6) is 0.870. The van der Waals surface area contributed by atoms with Crippen molar-refractivity contribution in [3.63, 3.8) is 0 Å². The Morgan fingerprint density at radius 3 is 2.92 bits per heavy atom. The topological polar surface area (TPSA) is 87.7 Å². The van der Waals surface area contributed by atoms with Gasteiger partial charge in [0.05, 0.1) is 17.0 Å². The summed E-state index contributed by atoms with van der Waals surface area (Å²) in [7, 11) is -2.91. The van der Waals surface area contributed by atoms with Crippen LogP contribution < -0.4 is 5.32 Å². The summed E-state index contributed by atoms with van der Waals surface area (Å²) >= 11 is 1.59. The van der Waals surface area contributed by atoms with Crippen molar-refractivity contribution >= 4 is 37.9 Å². The van der Waals surface area contributed by atoms with Gasteiger partial charge in [-0.25, -0.2) is 18.4 Å². The highest BCUT2D eigenvalue weighted by molar-refractivity contribution is 7.91. The van der Waals surface area contributed by atoms with E-state index in [9.17, 15) is 8.42 Å². The number of aromatic amines is 1. The highest BCUT2D eigenvalue weighted by Crippen LogP contribution is 2.38. The first kappa shape index (κ1) is 17.5. The molecule has 4 rings (SSSR count). The Labute approximate surface area is 157 Å². The van der Waals surface area contributed by atoms with Gasteiger partial charge >= 0.3 is 0 Å². The minimum atomic E-state index is -2.91. The predicted octanol–water partition coefficient (Wildman–Crippen LogP) is 3.70. The molecule has 0 bridgehead atoms. The van der Waals surface area contributed by atoms with Crippen LogP contribution in [0.1, 0.15) is 26.2 Å². The third-order valence-corrected chi connectivity index (χ3v) is 7.65. The lowest BCUT2D eigenvalue weighted by molar-refractivity contribution is 0.311. The van der Waals surface area contributed by atoms with Gasteiger partial charge < -0.3 is 10.3 Å². The zero-order valence-corrected chi connectivity index (χ0v) is 16.2. The fourth-order valence-electron chi connectivity index (χ4n) is 3.63. The number of pyridine rings is 1. The number of anilines is 1. The Morgan fingerprint density at radius 2 is 2.19 bits per heavy atom. The zero-order valence-electron chi connectivity index (χ0n) is 14.6. The Kier molecular flexibility index (Phi) is 4.71. The minimum Gasteiger partial charge on any atom is -0.381 e. The molecule has 6 nitrogen and oxygen atoms in total. The molecule has 0 saturated heterocycles. The molecule has 2 N–H and O–H groups in total. The first-order valence-electron chi connectivity index (χ1n) is 8.88. The largest absolute Gasteiger partial charge is 0.381 e. The van der Waals surface area contributed by atoms with E-state index in [1.807, 2.05) is 30.8 Å². The van der Waals surface area contributed by atoms with E-state index in [4.69, 9.17) is 0 Å². The van der Waals surface area contributed by atoms with E-state index in [-0.39, 0.29) is 12.0 Å². The van der Waals surface area contributed by atoms with Crippen molar-refractivity contribution in [3.05, 3.63) is 30.0 Å². The van der Waals surface area contributed by atoms with E-state index in [1.165, 1.54) is 0 Å². The van der Waals surface area contributed by atoms with Gasteiger partial charge in [0.25, 0.3) is 0 Å². The van der Waals surface area contributed by atoms with Gasteiger partial charge in [-0.3, -0.25) is 0 Å². The maximum absolute atomic E-state index is 12.0. The summed E-state index contributed by atoms with van der Waals surface area (Å²) in [6.45, 7) is 1.91. The Morgan fingerprint density at radius 1 is 1.35 bits per heavy atom. The molecule has 1 aliphatic rings. The second kappa shape index (κ2) is 7.00. The third-order valence-electron chi connectivity index (χ3n) is 4.84. The van der Waals surface area contributed by atoms with Gasteiger partial charge in [-0.2, -0.15) is 0 Å². The van der Waals surface area contributed by atoms with Crippen LogP contribution in [0.5, 0.6) is 0 Å². The Bertz CT molecular complexity index is 990. The molecule has 3 aromatic rings. The molecule has 0 amide bonds. The molecule has 0 atom stereocenters. The number of hydrogen-bond acceptors (Lipinski definition) is 6. The highest BCUT2D eigenvalue weighted by atomic mass is 32.2. The van der Waals surface area contributed by atoms with Crippen LogP contribution in [0.4, 0.5) is 5.69 Å². The average molecular weight is 391 g/mol. The third kappa shape index (κ3) is 3.48. The molecule has 0 radical (unpaired) electrons. The fourth-order valence-corrected chi connectivity index (χ4v) is 6.06. The number of H-pyrrole nitrogens is 1. The van der Waals surface area contributed by atoms with Gasteiger partial charge in [0.2, 0.25) is 0 Å². The lowest BCUT2D eigenvalue weighted by Gasteiger charge is -2.36. The maximum Gasteiger partial charge on any atom is 0.150 e. The van der Waals surface area contributed by atoms with Crippen molar-refractivity contribution < 1.29 is 8.42 Å². The van der Waals surface area contributed by atoms with Crippen molar-refractivity contribution in [2.75, 3.05) is 16.8 Å². The number of rotatable bonds is 7. The number of sulfone groups is 1. The molecule has 3 heterocycles. The molecule has 26 heavy (non-hydrogen) atoms. The molecule has 1 saturated carbocycles. The summed E-state index contributed by atoms with van der Waals surface area (Å²) in [5, 5.41) is 7.56. The Balaban J connectivity index is 1.52. The van der Waals surface area contributed by atoms with Gasteiger partial charge in [0.1, 0.15) is 10.7 Å². The summed E-state index contributed by atoms with van der Waals surface area (Å²) in [5.41, 5.74) is 2.87. The van der Waals surface area contributed by atoms with E-state index >= 15 is 0 Å². The summed E-state index contributed by atoms with van der Waals surface area (Å²) in [4.78, 5) is 12.1. The molecule has 3 aromatic heterocycles. The quantitative estimate of drug-likeness (QED) is 0.642. The van der Waals surface area contributed by atoms with Crippen LogP contribution in [0.2, 0.25) is 0 Å². The van der Waals surface area contributed by atoms with Crippen LogP contribution in [0.3, 0.4) is 0 Å². The molecular formula is C18H22N4O2S2. The summed E-state index contributed by atoms with van der Waals surface area (Å²) < 4.78 is 24.0. The van der Waals surface area contributed by atoms with Gasteiger partial charge in [-0.1, -0.05) is 6.92 Å². The molecule has 138 valence electrons. The fraction of sp³-hybridized carbons (Fsp3) is 0.444. The first-order chi connectivity index (χ1) is 12.6. The molecule has 0 spiro atoms. The van der Waals surface area contributed by atoms with Crippen LogP contribution in [-0.4, -0.2) is 40.9 Å². The number of nitrogens with zero attached hydrogens (tertiary/aromatic N) is 2. The van der Waals surface area contributed by atoms with Crippen LogP contribution in [0, 0.1) is 5.92 Å². The van der Waals surface area contributed by atoms with Crippen molar-refractivity contribution in [1.29, 1.82) is 0 Å². The number of thiazole rings is 1. The number of nitrogens with one attached hydrogen (secondary N) is 2. The molecule has 8 heteroatoms. The van der Waals surface area contributed by atoms with E-state index in [0.29, 0.717) is 17.9 Å². The lowest BCUT2D eigenvalue weighted by atomic mass is 9.81. The molecule has 0 unspecified atom stereocenters. The van der Waals surface area contributed by atoms with Crippen molar-refractivity contribution in [2.24, 2.45) is 5.92 Å². The molecular weight excluding hydrogens is 368 g/mol. The van der Waals surface area contributed by atoms with E-state index in [0.717, 1.165) is 40.1 Å². The maximum atomic E-state index is 12.0. The number of hydrogen-bond donors (Lipinski definition) is 2. The van der Waals surface area contributed by atoms with E-state index in [2.05, 4.69) is 20.3 Å². The molecule has 1 fully saturated rings. The summed E-state index contributed by atoms with van der Waals surface area (Å²) in [6.07, 6.45) is 7.99. The van der Waals surface area contributed by atoms with Crippen LogP contribution in [-0.2, 0) is 9.84 Å². The average Bonchev–Trinajstić information content (AvgIpc) is 3.24. The van der Waals surface area contributed by atoms with Crippen molar-refractivity contribution in [1.82, 2.24) is 15.0 Å². The Hall–Kier alpha value is -1.93. The van der Waals surface area contributed by atoms with Crippen molar-refractivity contribution in [3.8, 4) is 10.6 Å².